The maximum absolute atomic E-state index is 12.5. The fourth-order valence-electron chi connectivity index (χ4n) is 2.19. The Kier molecular flexibility index (Phi) is 3.15. The lowest BCUT2D eigenvalue weighted by Crippen LogP contribution is -2.67. The maximum atomic E-state index is 12.5. The van der Waals surface area contributed by atoms with Gasteiger partial charge in [0.05, 0.1) is 5.54 Å². The highest BCUT2D eigenvalue weighted by molar-refractivity contribution is 5.93. The average molecular weight is 247 g/mol. The van der Waals surface area contributed by atoms with Gasteiger partial charge in [-0.05, 0) is 39.8 Å². The quantitative estimate of drug-likeness (QED) is 0.821. The number of piperazine rings is 1. The Morgan fingerprint density at radius 3 is 2.67 bits per heavy atom. The van der Waals surface area contributed by atoms with E-state index >= 15 is 0 Å². The molecule has 18 heavy (non-hydrogen) atoms. The van der Waals surface area contributed by atoms with Crippen LogP contribution in [0.5, 0.6) is 0 Å². The lowest BCUT2D eigenvalue weighted by atomic mass is 9.91. The summed E-state index contributed by atoms with van der Waals surface area (Å²) in [6.45, 7) is 9.86. The molecule has 1 saturated heterocycles. The zero-order chi connectivity index (χ0) is 13.4. The van der Waals surface area contributed by atoms with Gasteiger partial charge >= 0.3 is 0 Å². The lowest BCUT2D eigenvalue weighted by molar-refractivity contribution is 0.0276. The standard InChI is InChI=1S/C14H21N3O/c1-13(2)10-17(14(3,4)9-16-13)12(18)11-7-5-6-8-15-11/h5-8,16H,9-10H2,1-4H3. The van der Waals surface area contributed by atoms with Gasteiger partial charge in [0.25, 0.3) is 5.91 Å². The fraction of sp³-hybridized carbons (Fsp3) is 0.571. The molecular weight excluding hydrogens is 226 g/mol. The van der Waals surface area contributed by atoms with Crippen molar-refractivity contribution in [1.29, 1.82) is 0 Å². The third-order valence-corrected chi connectivity index (χ3v) is 3.41. The Bertz CT molecular complexity index is 440. The monoisotopic (exact) mass is 247 g/mol. The number of carbonyl (C=O) groups is 1. The molecule has 0 bridgehead atoms. The lowest BCUT2D eigenvalue weighted by Gasteiger charge is -2.49. The molecule has 1 aliphatic rings. The molecule has 0 radical (unpaired) electrons. The van der Waals surface area contributed by atoms with Crippen molar-refractivity contribution in [2.75, 3.05) is 13.1 Å². The average Bonchev–Trinajstić information content (AvgIpc) is 2.33. The Hall–Kier alpha value is -1.42. The summed E-state index contributed by atoms with van der Waals surface area (Å²) >= 11 is 0. The highest BCUT2D eigenvalue weighted by Crippen LogP contribution is 2.24. The van der Waals surface area contributed by atoms with Crippen LogP contribution < -0.4 is 5.32 Å². The second-order valence-electron chi connectivity index (χ2n) is 6.16. The van der Waals surface area contributed by atoms with Gasteiger partial charge in [0, 0.05) is 24.8 Å². The Balaban J connectivity index is 2.27. The summed E-state index contributed by atoms with van der Waals surface area (Å²) in [5.41, 5.74) is 0.271. The van der Waals surface area contributed by atoms with E-state index < -0.39 is 0 Å². The molecule has 1 aliphatic heterocycles. The van der Waals surface area contributed by atoms with Crippen molar-refractivity contribution < 1.29 is 4.79 Å². The van der Waals surface area contributed by atoms with Gasteiger partial charge in [-0.1, -0.05) is 6.07 Å². The molecule has 0 spiro atoms. The minimum atomic E-state index is -0.190. The van der Waals surface area contributed by atoms with Crippen LogP contribution >= 0.6 is 0 Å². The molecule has 0 saturated carbocycles. The zero-order valence-corrected chi connectivity index (χ0v) is 11.5. The predicted molar refractivity (Wildman–Crippen MR) is 71.4 cm³/mol. The molecule has 0 aromatic carbocycles. The Morgan fingerprint density at radius 2 is 2.06 bits per heavy atom. The van der Waals surface area contributed by atoms with Crippen molar-refractivity contribution >= 4 is 5.91 Å². The fourth-order valence-corrected chi connectivity index (χ4v) is 2.19. The summed E-state index contributed by atoms with van der Waals surface area (Å²) in [5, 5.41) is 3.47. The van der Waals surface area contributed by atoms with E-state index in [0.717, 1.165) is 6.54 Å². The minimum Gasteiger partial charge on any atom is -0.329 e. The normalized spacial score (nSPS) is 21.7. The summed E-state index contributed by atoms with van der Waals surface area (Å²) in [7, 11) is 0. The van der Waals surface area contributed by atoms with E-state index in [1.807, 2.05) is 17.0 Å². The van der Waals surface area contributed by atoms with Crippen LogP contribution in [0.3, 0.4) is 0 Å². The van der Waals surface area contributed by atoms with Gasteiger partial charge in [-0.15, -0.1) is 0 Å². The van der Waals surface area contributed by atoms with E-state index in [-0.39, 0.29) is 17.0 Å². The van der Waals surface area contributed by atoms with E-state index in [1.165, 1.54) is 0 Å². The number of rotatable bonds is 1. The van der Waals surface area contributed by atoms with Crippen molar-refractivity contribution in [2.24, 2.45) is 0 Å². The van der Waals surface area contributed by atoms with Gasteiger partial charge in [-0.2, -0.15) is 0 Å². The number of nitrogens with zero attached hydrogens (tertiary/aromatic N) is 2. The molecule has 4 heteroatoms. The van der Waals surface area contributed by atoms with Gasteiger partial charge in [-0.25, -0.2) is 0 Å². The highest BCUT2D eigenvalue weighted by Gasteiger charge is 2.40. The molecule has 1 aromatic rings. The molecule has 0 atom stereocenters. The number of amides is 1. The molecule has 4 nitrogen and oxygen atoms in total. The van der Waals surface area contributed by atoms with Crippen LogP contribution in [0.1, 0.15) is 38.2 Å². The van der Waals surface area contributed by atoms with Crippen molar-refractivity contribution in [3.05, 3.63) is 30.1 Å². The maximum Gasteiger partial charge on any atom is 0.272 e. The third-order valence-electron chi connectivity index (χ3n) is 3.41. The second-order valence-corrected chi connectivity index (χ2v) is 6.16. The third kappa shape index (κ3) is 2.53. The zero-order valence-electron chi connectivity index (χ0n) is 11.5. The molecule has 1 N–H and O–H groups in total. The topological polar surface area (TPSA) is 45.2 Å². The summed E-state index contributed by atoms with van der Waals surface area (Å²) in [6.07, 6.45) is 1.66. The Labute approximate surface area is 108 Å². The van der Waals surface area contributed by atoms with Crippen LogP contribution in [-0.4, -0.2) is 40.0 Å². The van der Waals surface area contributed by atoms with Gasteiger partial charge < -0.3 is 10.2 Å². The highest BCUT2D eigenvalue weighted by atomic mass is 16.2. The van der Waals surface area contributed by atoms with Crippen LogP contribution in [0.4, 0.5) is 0 Å². The van der Waals surface area contributed by atoms with Crippen molar-refractivity contribution in [1.82, 2.24) is 15.2 Å². The first-order valence-corrected chi connectivity index (χ1v) is 6.30. The van der Waals surface area contributed by atoms with Gasteiger partial charge in [0.2, 0.25) is 0 Å². The first-order chi connectivity index (χ1) is 8.32. The first-order valence-electron chi connectivity index (χ1n) is 6.30. The summed E-state index contributed by atoms with van der Waals surface area (Å²) in [4.78, 5) is 18.6. The molecule has 0 aliphatic carbocycles. The molecule has 1 aromatic heterocycles. The summed E-state index contributed by atoms with van der Waals surface area (Å²) in [6, 6.07) is 5.44. The molecular formula is C14H21N3O. The summed E-state index contributed by atoms with van der Waals surface area (Å²) in [5.74, 6) is 0.00942. The number of aromatic nitrogens is 1. The Morgan fingerprint density at radius 1 is 1.33 bits per heavy atom. The number of nitrogens with one attached hydrogen (secondary N) is 1. The molecule has 1 fully saturated rings. The van der Waals surface area contributed by atoms with Crippen LogP contribution in [0.2, 0.25) is 0 Å². The van der Waals surface area contributed by atoms with Crippen molar-refractivity contribution in [3.63, 3.8) is 0 Å². The van der Waals surface area contributed by atoms with E-state index in [1.54, 1.807) is 12.3 Å². The number of hydrogen-bond donors (Lipinski definition) is 1. The molecule has 1 amide bonds. The van der Waals surface area contributed by atoms with E-state index in [4.69, 9.17) is 0 Å². The molecule has 98 valence electrons. The van der Waals surface area contributed by atoms with Gasteiger partial charge in [0.15, 0.2) is 0 Å². The van der Waals surface area contributed by atoms with Crippen LogP contribution in [0.25, 0.3) is 0 Å². The summed E-state index contributed by atoms with van der Waals surface area (Å²) < 4.78 is 0. The van der Waals surface area contributed by atoms with E-state index in [9.17, 15) is 4.79 Å². The molecule has 2 rings (SSSR count). The number of pyridine rings is 1. The van der Waals surface area contributed by atoms with Gasteiger partial charge in [0.1, 0.15) is 5.69 Å². The SMILES string of the molecule is CC1(C)CN(C(=O)c2ccccn2)C(C)(C)CN1. The van der Waals surface area contributed by atoms with Crippen molar-refractivity contribution in [2.45, 2.75) is 38.8 Å². The second kappa shape index (κ2) is 4.35. The van der Waals surface area contributed by atoms with Crippen molar-refractivity contribution in [3.8, 4) is 0 Å². The molecule has 0 unspecified atom stereocenters. The minimum absolute atomic E-state index is 0.00942. The van der Waals surface area contributed by atoms with Crippen LogP contribution in [0.15, 0.2) is 24.4 Å². The molecule has 2 heterocycles. The van der Waals surface area contributed by atoms with E-state index in [0.29, 0.717) is 12.2 Å². The smallest absolute Gasteiger partial charge is 0.272 e. The number of carbonyl (C=O) groups excluding carboxylic acids is 1. The largest absolute Gasteiger partial charge is 0.329 e. The number of hydrogen-bond acceptors (Lipinski definition) is 3. The first kappa shape index (κ1) is 13.0. The predicted octanol–water partition coefficient (Wildman–Crippen LogP) is 1.68. The van der Waals surface area contributed by atoms with Crippen LogP contribution in [0, 0.1) is 0 Å². The van der Waals surface area contributed by atoms with E-state index in [2.05, 4.69) is 38.0 Å². The van der Waals surface area contributed by atoms with Crippen LogP contribution in [-0.2, 0) is 0 Å². The van der Waals surface area contributed by atoms with Gasteiger partial charge in [-0.3, -0.25) is 9.78 Å².